The summed E-state index contributed by atoms with van der Waals surface area (Å²) in [6.45, 7) is 3.44. The Morgan fingerprint density at radius 2 is 2.05 bits per heavy atom. The van der Waals surface area contributed by atoms with Gasteiger partial charge >= 0.3 is 0 Å². The van der Waals surface area contributed by atoms with E-state index in [9.17, 15) is 4.39 Å². The van der Waals surface area contributed by atoms with E-state index < -0.39 is 0 Å². The molecule has 1 rings (SSSR count). The quantitative estimate of drug-likeness (QED) is 0.458. The molecule has 0 bridgehead atoms. The Balaban J connectivity index is 0.00000361. The Morgan fingerprint density at radius 1 is 1.35 bits per heavy atom. The minimum Gasteiger partial charge on any atom is -0.357 e. The molecule has 0 aliphatic carbocycles. The molecule has 0 saturated carbocycles. The van der Waals surface area contributed by atoms with Gasteiger partial charge in [0.1, 0.15) is 5.82 Å². The second-order valence-corrected chi connectivity index (χ2v) is 5.28. The average Bonchev–Trinajstić information content (AvgIpc) is 2.36. The van der Waals surface area contributed by atoms with Crippen LogP contribution in [0.4, 0.5) is 4.39 Å². The monoisotopic (exact) mass is 411 g/mol. The lowest BCUT2D eigenvalue weighted by Gasteiger charge is -2.17. The first-order chi connectivity index (χ1) is 9.08. The van der Waals surface area contributed by atoms with E-state index in [-0.39, 0.29) is 29.8 Å². The third kappa shape index (κ3) is 6.30. The number of aliphatic imine (C=N–C) groups is 1. The number of thioether (sulfide) groups is 1. The molecule has 0 aliphatic rings. The van der Waals surface area contributed by atoms with E-state index in [2.05, 4.69) is 10.3 Å². The molecule has 0 fully saturated rings. The van der Waals surface area contributed by atoms with E-state index in [1.54, 1.807) is 17.8 Å². The Morgan fingerprint density at radius 3 is 2.60 bits per heavy atom. The molecule has 0 spiro atoms. The summed E-state index contributed by atoms with van der Waals surface area (Å²) in [4.78, 5) is 6.50. The van der Waals surface area contributed by atoms with Crippen molar-refractivity contribution in [3.05, 3.63) is 35.1 Å². The van der Waals surface area contributed by atoms with Gasteiger partial charge in [-0.25, -0.2) is 9.38 Å². The highest BCUT2D eigenvalue weighted by Crippen LogP contribution is 2.17. The van der Waals surface area contributed by atoms with Crippen molar-refractivity contribution in [3.63, 3.8) is 0 Å². The summed E-state index contributed by atoms with van der Waals surface area (Å²) < 4.78 is 13.3. The molecule has 1 aromatic carbocycles. The standard InChI is InChI=1S/C14H22FN3S.HI/c1-5-16-14(18(2)3)17-9-11-6-7-13(15)8-12(11)10-19-4;/h6-8H,5,9-10H2,1-4H3,(H,16,17);1H. The van der Waals surface area contributed by atoms with Crippen molar-refractivity contribution in [2.75, 3.05) is 26.9 Å². The minimum absolute atomic E-state index is 0. The van der Waals surface area contributed by atoms with Gasteiger partial charge in [-0.2, -0.15) is 11.8 Å². The van der Waals surface area contributed by atoms with Crippen molar-refractivity contribution in [1.82, 2.24) is 10.2 Å². The van der Waals surface area contributed by atoms with Crippen LogP contribution in [0.2, 0.25) is 0 Å². The molecule has 1 aromatic rings. The molecule has 6 heteroatoms. The number of nitrogens with zero attached hydrogens (tertiary/aromatic N) is 2. The lowest BCUT2D eigenvalue weighted by atomic mass is 10.1. The van der Waals surface area contributed by atoms with Crippen LogP contribution >= 0.6 is 35.7 Å². The van der Waals surface area contributed by atoms with Crippen LogP contribution in [0.1, 0.15) is 18.1 Å². The molecule has 0 aliphatic heterocycles. The zero-order valence-electron chi connectivity index (χ0n) is 12.4. The fraction of sp³-hybridized carbons (Fsp3) is 0.500. The van der Waals surface area contributed by atoms with Gasteiger partial charge in [-0.3, -0.25) is 0 Å². The largest absolute Gasteiger partial charge is 0.357 e. The van der Waals surface area contributed by atoms with Gasteiger partial charge in [-0.05, 0) is 36.4 Å². The normalized spacial score (nSPS) is 10.9. The zero-order valence-corrected chi connectivity index (χ0v) is 15.6. The number of hydrogen-bond acceptors (Lipinski definition) is 2. The summed E-state index contributed by atoms with van der Waals surface area (Å²) in [7, 11) is 3.91. The zero-order chi connectivity index (χ0) is 14.3. The predicted molar refractivity (Wildman–Crippen MR) is 97.5 cm³/mol. The first-order valence-corrected chi connectivity index (χ1v) is 7.69. The average molecular weight is 411 g/mol. The van der Waals surface area contributed by atoms with Crippen molar-refractivity contribution in [1.29, 1.82) is 0 Å². The molecule has 0 atom stereocenters. The lowest BCUT2D eigenvalue weighted by Crippen LogP contribution is -2.36. The number of halogens is 2. The molecule has 0 heterocycles. The molecule has 20 heavy (non-hydrogen) atoms. The Bertz CT molecular complexity index is 438. The van der Waals surface area contributed by atoms with Crippen molar-refractivity contribution in [2.45, 2.75) is 19.2 Å². The van der Waals surface area contributed by atoms with E-state index in [0.717, 1.165) is 29.4 Å². The van der Waals surface area contributed by atoms with Crippen LogP contribution in [0.15, 0.2) is 23.2 Å². The third-order valence-electron chi connectivity index (χ3n) is 2.63. The summed E-state index contributed by atoms with van der Waals surface area (Å²) >= 11 is 1.69. The maximum absolute atomic E-state index is 13.3. The molecule has 0 aromatic heterocycles. The van der Waals surface area contributed by atoms with Crippen LogP contribution in [0.25, 0.3) is 0 Å². The third-order valence-corrected chi connectivity index (χ3v) is 3.23. The van der Waals surface area contributed by atoms with Crippen LogP contribution in [-0.4, -0.2) is 37.8 Å². The van der Waals surface area contributed by atoms with Crippen molar-refractivity contribution in [3.8, 4) is 0 Å². The highest BCUT2D eigenvalue weighted by atomic mass is 127. The summed E-state index contributed by atoms with van der Waals surface area (Å²) in [6.07, 6.45) is 2.02. The fourth-order valence-electron chi connectivity index (χ4n) is 1.71. The first-order valence-electron chi connectivity index (χ1n) is 6.30. The first kappa shape index (κ1) is 19.5. The molecular weight excluding hydrogens is 388 g/mol. The topological polar surface area (TPSA) is 27.6 Å². The van der Waals surface area contributed by atoms with E-state index >= 15 is 0 Å². The van der Waals surface area contributed by atoms with Crippen LogP contribution < -0.4 is 5.32 Å². The molecule has 114 valence electrons. The van der Waals surface area contributed by atoms with Crippen LogP contribution in [0.3, 0.4) is 0 Å². The number of guanidine groups is 1. The van der Waals surface area contributed by atoms with Crippen molar-refractivity contribution >= 4 is 41.7 Å². The van der Waals surface area contributed by atoms with Gasteiger partial charge in [0.15, 0.2) is 5.96 Å². The van der Waals surface area contributed by atoms with Gasteiger partial charge in [0.05, 0.1) is 6.54 Å². The summed E-state index contributed by atoms with van der Waals surface area (Å²) in [5, 5.41) is 3.21. The highest BCUT2D eigenvalue weighted by molar-refractivity contribution is 14.0. The lowest BCUT2D eigenvalue weighted by molar-refractivity contribution is 0.583. The molecule has 1 N–H and O–H groups in total. The highest BCUT2D eigenvalue weighted by Gasteiger charge is 2.05. The number of hydrogen-bond donors (Lipinski definition) is 1. The van der Waals surface area contributed by atoms with Crippen LogP contribution in [0.5, 0.6) is 0 Å². The number of benzene rings is 1. The minimum atomic E-state index is -0.184. The predicted octanol–water partition coefficient (Wildman–Crippen LogP) is 3.33. The second kappa shape index (κ2) is 10.3. The van der Waals surface area contributed by atoms with Gasteiger partial charge in [-0.1, -0.05) is 6.07 Å². The smallest absolute Gasteiger partial charge is 0.193 e. The molecule has 0 radical (unpaired) electrons. The van der Waals surface area contributed by atoms with Gasteiger partial charge in [0, 0.05) is 26.4 Å². The molecule has 3 nitrogen and oxygen atoms in total. The van der Waals surface area contributed by atoms with Crippen LogP contribution in [-0.2, 0) is 12.3 Å². The van der Waals surface area contributed by atoms with Gasteiger partial charge in [0.25, 0.3) is 0 Å². The van der Waals surface area contributed by atoms with E-state index in [0.29, 0.717) is 6.54 Å². The van der Waals surface area contributed by atoms with Crippen molar-refractivity contribution in [2.24, 2.45) is 4.99 Å². The molecular formula is C14H23FIN3S. The Labute approximate surface area is 142 Å². The van der Waals surface area contributed by atoms with Crippen LogP contribution in [0, 0.1) is 5.82 Å². The second-order valence-electron chi connectivity index (χ2n) is 4.41. The molecule has 0 unspecified atom stereocenters. The van der Waals surface area contributed by atoms with Gasteiger partial charge in [0.2, 0.25) is 0 Å². The van der Waals surface area contributed by atoms with Gasteiger partial charge < -0.3 is 10.2 Å². The van der Waals surface area contributed by atoms with Crippen molar-refractivity contribution < 1.29 is 4.39 Å². The van der Waals surface area contributed by atoms with E-state index in [4.69, 9.17) is 0 Å². The number of nitrogens with one attached hydrogen (secondary N) is 1. The maximum atomic E-state index is 13.3. The van der Waals surface area contributed by atoms with E-state index in [1.165, 1.54) is 6.07 Å². The molecule has 0 amide bonds. The Kier molecular flexibility index (Phi) is 10.0. The van der Waals surface area contributed by atoms with E-state index in [1.807, 2.05) is 38.2 Å². The molecule has 0 saturated heterocycles. The fourth-order valence-corrected chi connectivity index (χ4v) is 2.29. The summed E-state index contributed by atoms with van der Waals surface area (Å²) in [6, 6.07) is 4.92. The SMILES string of the molecule is CCNC(=NCc1ccc(F)cc1CSC)N(C)C.I. The Hall–Kier alpha value is -0.500. The summed E-state index contributed by atoms with van der Waals surface area (Å²) in [5.41, 5.74) is 2.10. The summed E-state index contributed by atoms with van der Waals surface area (Å²) in [5.74, 6) is 1.47. The number of rotatable bonds is 5. The van der Waals surface area contributed by atoms with Gasteiger partial charge in [-0.15, -0.1) is 24.0 Å². The maximum Gasteiger partial charge on any atom is 0.193 e.